The van der Waals surface area contributed by atoms with E-state index in [9.17, 15) is 9.59 Å². The highest BCUT2D eigenvalue weighted by Gasteiger charge is 2.29. The van der Waals surface area contributed by atoms with E-state index >= 15 is 0 Å². The fourth-order valence-electron chi connectivity index (χ4n) is 3.97. The number of rotatable bonds is 3. The number of nitrogens with zero attached hydrogens (tertiary/aromatic N) is 3. The van der Waals surface area contributed by atoms with Crippen LogP contribution in [-0.2, 0) is 17.9 Å². The summed E-state index contributed by atoms with van der Waals surface area (Å²) in [5, 5.41) is 3.97. The van der Waals surface area contributed by atoms with Crippen LogP contribution in [0.15, 0.2) is 33.5 Å². The molecule has 2 aromatic heterocycles. The fraction of sp³-hybridized carbons (Fsp3) is 0.421. The lowest BCUT2D eigenvalue weighted by Gasteiger charge is -2.15. The minimum atomic E-state index is -0.383. The van der Waals surface area contributed by atoms with Gasteiger partial charge in [-0.1, -0.05) is 12.1 Å². The Balaban J connectivity index is 1.54. The summed E-state index contributed by atoms with van der Waals surface area (Å²) in [7, 11) is 0. The molecule has 0 saturated carbocycles. The van der Waals surface area contributed by atoms with Crippen LogP contribution in [0, 0.1) is 0 Å². The summed E-state index contributed by atoms with van der Waals surface area (Å²) in [4.78, 5) is 32.8. The lowest BCUT2D eigenvalue weighted by molar-refractivity contribution is -0.121. The molecule has 1 N–H and O–H groups in total. The van der Waals surface area contributed by atoms with Gasteiger partial charge in [-0.15, -0.1) is 11.3 Å². The molecular formula is C19H20N4O3S. The van der Waals surface area contributed by atoms with Crippen LogP contribution < -0.4 is 16.0 Å². The number of para-hydroxylation sites is 2. The molecule has 1 atom stereocenters. The number of fused-ring (bicyclic) bond motifs is 2. The number of anilines is 1. The van der Waals surface area contributed by atoms with Gasteiger partial charge in [0.05, 0.1) is 17.8 Å². The second kappa shape index (κ2) is 6.53. The first-order chi connectivity index (χ1) is 13.2. The van der Waals surface area contributed by atoms with E-state index in [4.69, 9.17) is 9.40 Å². The summed E-state index contributed by atoms with van der Waals surface area (Å²) in [6.07, 6.45) is 2.74. The Morgan fingerprint density at radius 3 is 2.89 bits per heavy atom. The number of oxazole rings is 1. The van der Waals surface area contributed by atoms with Gasteiger partial charge >= 0.3 is 5.76 Å². The molecule has 7 nitrogen and oxygen atoms in total. The van der Waals surface area contributed by atoms with Crippen molar-refractivity contribution in [2.75, 3.05) is 18.0 Å². The molecule has 0 unspecified atom stereocenters. The van der Waals surface area contributed by atoms with Crippen molar-refractivity contribution in [2.24, 2.45) is 0 Å². The minimum absolute atomic E-state index is 0.00577. The molecule has 1 amide bonds. The van der Waals surface area contributed by atoms with Gasteiger partial charge in [-0.3, -0.25) is 9.36 Å². The summed E-state index contributed by atoms with van der Waals surface area (Å²) in [5.74, 6) is -0.476. The predicted octanol–water partition coefficient (Wildman–Crippen LogP) is 2.45. The van der Waals surface area contributed by atoms with Gasteiger partial charge in [-0.2, -0.15) is 0 Å². The molecule has 0 bridgehead atoms. The quantitative estimate of drug-likeness (QED) is 0.750. The Kier molecular flexibility index (Phi) is 4.00. The molecule has 2 aliphatic heterocycles. The van der Waals surface area contributed by atoms with Gasteiger partial charge in [0.25, 0.3) is 0 Å². The Bertz CT molecular complexity index is 1060. The molecule has 3 aromatic rings. The lowest BCUT2D eigenvalue weighted by Crippen LogP contribution is -2.24. The average molecular weight is 384 g/mol. The van der Waals surface area contributed by atoms with E-state index in [1.165, 1.54) is 12.8 Å². The topological polar surface area (TPSA) is 80.4 Å². The van der Waals surface area contributed by atoms with Crippen LogP contribution in [0.4, 0.5) is 5.13 Å². The largest absolute Gasteiger partial charge is 0.419 e. The van der Waals surface area contributed by atoms with Crippen LogP contribution >= 0.6 is 11.3 Å². The number of amides is 1. The number of benzene rings is 1. The van der Waals surface area contributed by atoms with Crippen LogP contribution in [0.25, 0.3) is 11.1 Å². The van der Waals surface area contributed by atoms with Crippen molar-refractivity contribution in [3.8, 4) is 0 Å². The van der Waals surface area contributed by atoms with Crippen LogP contribution in [0.1, 0.15) is 35.8 Å². The zero-order valence-corrected chi connectivity index (χ0v) is 15.6. The molecule has 0 radical (unpaired) electrons. The van der Waals surface area contributed by atoms with Crippen LogP contribution in [0.5, 0.6) is 0 Å². The molecule has 1 aromatic carbocycles. The normalized spacial score (nSPS) is 19.9. The molecule has 0 aliphatic carbocycles. The Labute approximate surface area is 159 Å². The molecule has 140 valence electrons. The van der Waals surface area contributed by atoms with E-state index in [0.717, 1.165) is 34.3 Å². The first-order valence-electron chi connectivity index (χ1n) is 9.28. The average Bonchev–Trinajstić information content (AvgIpc) is 3.37. The fourth-order valence-corrected chi connectivity index (χ4v) is 5.19. The van der Waals surface area contributed by atoms with Gasteiger partial charge in [0.1, 0.15) is 0 Å². The van der Waals surface area contributed by atoms with Crippen LogP contribution in [-0.4, -0.2) is 28.5 Å². The van der Waals surface area contributed by atoms with Gasteiger partial charge in [0, 0.05) is 36.9 Å². The van der Waals surface area contributed by atoms with Crippen molar-refractivity contribution < 1.29 is 9.21 Å². The summed E-state index contributed by atoms with van der Waals surface area (Å²) in [5.41, 5.74) is 2.26. The number of carbonyl (C=O) groups is 1. The van der Waals surface area contributed by atoms with E-state index in [0.29, 0.717) is 25.1 Å². The maximum atomic E-state index is 12.4. The number of nitrogens with one attached hydrogen (secondary N) is 1. The van der Waals surface area contributed by atoms with Crippen molar-refractivity contribution in [1.82, 2.24) is 14.9 Å². The Morgan fingerprint density at radius 2 is 2.04 bits per heavy atom. The Morgan fingerprint density at radius 1 is 1.22 bits per heavy atom. The molecule has 5 rings (SSSR count). The zero-order chi connectivity index (χ0) is 18.4. The number of thiazole rings is 1. The van der Waals surface area contributed by atoms with E-state index < -0.39 is 0 Å². The first-order valence-corrected chi connectivity index (χ1v) is 10.1. The highest BCUT2D eigenvalue weighted by Crippen LogP contribution is 2.37. The van der Waals surface area contributed by atoms with Gasteiger partial charge in [-0.25, -0.2) is 9.78 Å². The van der Waals surface area contributed by atoms with Gasteiger partial charge in [0.2, 0.25) is 5.91 Å². The third kappa shape index (κ3) is 2.93. The second-order valence-electron chi connectivity index (χ2n) is 7.13. The molecule has 4 heterocycles. The summed E-state index contributed by atoms with van der Waals surface area (Å²) < 4.78 is 7.00. The number of aromatic nitrogens is 2. The molecule has 0 spiro atoms. The van der Waals surface area contributed by atoms with Gasteiger partial charge < -0.3 is 14.6 Å². The standard InChI is InChI=1S/C19H20N4O3S/c24-16-9-12(11-23-14-5-1-2-6-15(14)26-19(23)25)17-13(10-20-16)21-18(27-17)22-7-3-4-8-22/h1-2,5-6,12H,3-4,7-11H2,(H,20,24)/t12-/m1/s1. The maximum absolute atomic E-state index is 12.4. The molecule has 2 aliphatic rings. The number of hydrogen-bond donors (Lipinski definition) is 1. The Hall–Kier alpha value is -2.61. The van der Waals surface area contributed by atoms with E-state index in [1.807, 2.05) is 18.2 Å². The third-order valence-corrected chi connectivity index (χ3v) is 6.65. The molecule has 1 saturated heterocycles. The highest BCUT2D eigenvalue weighted by molar-refractivity contribution is 7.15. The number of carbonyl (C=O) groups excluding carboxylic acids is 1. The van der Waals surface area contributed by atoms with Gasteiger partial charge in [0.15, 0.2) is 10.7 Å². The zero-order valence-electron chi connectivity index (χ0n) is 14.8. The van der Waals surface area contributed by atoms with E-state index in [1.54, 1.807) is 22.0 Å². The monoisotopic (exact) mass is 384 g/mol. The minimum Gasteiger partial charge on any atom is -0.408 e. The molecule has 27 heavy (non-hydrogen) atoms. The van der Waals surface area contributed by atoms with Crippen molar-refractivity contribution in [3.63, 3.8) is 0 Å². The first kappa shape index (κ1) is 16.6. The van der Waals surface area contributed by atoms with E-state index in [2.05, 4.69) is 10.2 Å². The number of hydrogen-bond acceptors (Lipinski definition) is 6. The van der Waals surface area contributed by atoms with Crippen LogP contribution in [0.3, 0.4) is 0 Å². The smallest absolute Gasteiger partial charge is 0.408 e. The SMILES string of the molecule is O=C1C[C@H](Cn2c(=O)oc3ccccc32)c2sc(N3CCCC3)nc2CN1. The summed E-state index contributed by atoms with van der Waals surface area (Å²) in [6, 6.07) is 7.40. The van der Waals surface area contributed by atoms with Crippen LogP contribution in [0.2, 0.25) is 0 Å². The second-order valence-corrected chi connectivity index (χ2v) is 8.13. The maximum Gasteiger partial charge on any atom is 0.419 e. The molecule has 8 heteroatoms. The van der Waals surface area contributed by atoms with Crippen molar-refractivity contribution in [2.45, 2.75) is 38.3 Å². The van der Waals surface area contributed by atoms with E-state index in [-0.39, 0.29) is 17.6 Å². The van der Waals surface area contributed by atoms with Gasteiger partial charge in [-0.05, 0) is 25.0 Å². The molecular weight excluding hydrogens is 364 g/mol. The van der Waals surface area contributed by atoms with Crippen molar-refractivity contribution >= 4 is 33.5 Å². The highest BCUT2D eigenvalue weighted by atomic mass is 32.1. The van der Waals surface area contributed by atoms with Crippen molar-refractivity contribution in [3.05, 3.63) is 45.4 Å². The lowest BCUT2D eigenvalue weighted by atomic mass is 10.0. The third-order valence-electron chi connectivity index (χ3n) is 5.33. The van der Waals surface area contributed by atoms with Crippen molar-refractivity contribution in [1.29, 1.82) is 0 Å². The summed E-state index contributed by atoms with van der Waals surface area (Å²) in [6.45, 7) is 2.94. The predicted molar refractivity (Wildman–Crippen MR) is 103 cm³/mol. The molecule has 1 fully saturated rings. The summed E-state index contributed by atoms with van der Waals surface area (Å²) >= 11 is 1.67.